The summed E-state index contributed by atoms with van der Waals surface area (Å²) in [5.41, 5.74) is 6.66. The third-order valence-electron chi connectivity index (χ3n) is 3.80. The molecule has 124 valence electrons. The number of nitrogens with one attached hydrogen (secondary N) is 1. The quantitative estimate of drug-likeness (QED) is 0.833. The maximum Gasteiger partial charge on any atom is 0.250 e. The Morgan fingerprint density at radius 1 is 1.50 bits per heavy atom. The summed E-state index contributed by atoms with van der Waals surface area (Å²) in [6.45, 7) is 6.21. The third-order valence-corrected chi connectivity index (χ3v) is 3.80. The van der Waals surface area contributed by atoms with Crippen LogP contribution in [0.4, 0.5) is 5.82 Å². The van der Waals surface area contributed by atoms with Gasteiger partial charge in [0.15, 0.2) is 0 Å². The predicted octanol–water partition coefficient (Wildman–Crippen LogP) is 0.355. The van der Waals surface area contributed by atoms with E-state index in [1.54, 1.807) is 16.6 Å². The van der Waals surface area contributed by atoms with E-state index in [0.29, 0.717) is 13.0 Å². The lowest BCUT2D eigenvalue weighted by Gasteiger charge is -2.19. The minimum atomic E-state index is -0.592. The van der Waals surface area contributed by atoms with E-state index in [2.05, 4.69) is 10.4 Å². The molecule has 1 fully saturated rings. The van der Waals surface area contributed by atoms with Gasteiger partial charge in [0.1, 0.15) is 11.9 Å². The van der Waals surface area contributed by atoms with E-state index < -0.39 is 12.1 Å². The van der Waals surface area contributed by atoms with Crippen LogP contribution in [0.1, 0.15) is 26.0 Å². The van der Waals surface area contributed by atoms with Gasteiger partial charge in [0, 0.05) is 19.7 Å². The number of rotatable bonds is 4. The summed E-state index contributed by atoms with van der Waals surface area (Å²) in [6.07, 6.45) is 0.583. The zero-order valence-corrected chi connectivity index (χ0v) is 14.2. The molecule has 0 radical (unpaired) electrons. The van der Waals surface area contributed by atoms with Gasteiger partial charge in [-0.3, -0.25) is 19.2 Å². The van der Waals surface area contributed by atoms with Crippen molar-refractivity contribution in [3.8, 4) is 0 Å². The van der Waals surface area contributed by atoms with Crippen LogP contribution in [-0.4, -0.2) is 40.2 Å². The molecule has 2 atom stereocenters. The van der Waals surface area contributed by atoms with Crippen LogP contribution in [0.25, 0.3) is 0 Å². The minimum Gasteiger partial charge on any atom is -0.343 e. The van der Waals surface area contributed by atoms with Crippen LogP contribution in [0.2, 0.25) is 0 Å². The van der Waals surface area contributed by atoms with Crippen LogP contribution >= 0.6 is 12.4 Å². The van der Waals surface area contributed by atoms with Crippen molar-refractivity contribution in [1.29, 1.82) is 0 Å². The Morgan fingerprint density at radius 2 is 2.14 bits per heavy atom. The largest absolute Gasteiger partial charge is 0.343 e. The van der Waals surface area contributed by atoms with Gasteiger partial charge in [-0.25, -0.2) is 0 Å². The first-order valence-electron chi connectivity index (χ1n) is 7.19. The lowest BCUT2D eigenvalue weighted by atomic mass is 10.0. The third kappa shape index (κ3) is 3.59. The van der Waals surface area contributed by atoms with E-state index in [9.17, 15) is 9.59 Å². The molecule has 1 aliphatic heterocycles. The molecular formula is C14H24ClN5O2. The fraction of sp³-hybridized carbons (Fsp3) is 0.643. The topological polar surface area (TPSA) is 93.3 Å². The second-order valence-electron chi connectivity index (χ2n) is 5.88. The van der Waals surface area contributed by atoms with E-state index in [-0.39, 0.29) is 30.1 Å². The van der Waals surface area contributed by atoms with Crippen LogP contribution in [0.3, 0.4) is 0 Å². The van der Waals surface area contributed by atoms with Crippen molar-refractivity contribution in [3.05, 3.63) is 11.8 Å². The predicted molar refractivity (Wildman–Crippen MR) is 86.9 cm³/mol. The molecule has 0 spiro atoms. The molecule has 7 nitrogen and oxygen atoms in total. The van der Waals surface area contributed by atoms with E-state index in [1.807, 2.05) is 26.8 Å². The number of halogens is 1. The molecule has 3 N–H and O–H groups in total. The minimum absolute atomic E-state index is 0. The number of amides is 2. The SMILES string of the molecule is Cc1cc(N2CCC(NC(=O)[C@@H](N)C(C)C)C2=O)n(C)n1.Cl. The monoisotopic (exact) mass is 329 g/mol. The molecule has 0 saturated carbocycles. The summed E-state index contributed by atoms with van der Waals surface area (Å²) in [5, 5.41) is 6.99. The van der Waals surface area contributed by atoms with Gasteiger partial charge in [-0.15, -0.1) is 12.4 Å². The molecule has 1 aliphatic rings. The van der Waals surface area contributed by atoms with Crippen molar-refractivity contribution in [2.45, 2.75) is 39.3 Å². The van der Waals surface area contributed by atoms with E-state index in [1.165, 1.54) is 0 Å². The average molecular weight is 330 g/mol. The number of anilines is 1. The van der Waals surface area contributed by atoms with Gasteiger partial charge in [-0.1, -0.05) is 13.8 Å². The maximum atomic E-state index is 12.4. The summed E-state index contributed by atoms with van der Waals surface area (Å²) in [5.74, 6) is 0.411. The van der Waals surface area contributed by atoms with E-state index in [0.717, 1.165) is 11.5 Å². The molecule has 0 aliphatic carbocycles. The zero-order valence-electron chi connectivity index (χ0n) is 13.4. The van der Waals surface area contributed by atoms with Crippen molar-refractivity contribution < 1.29 is 9.59 Å². The van der Waals surface area contributed by atoms with Crippen molar-refractivity contribution in [2.24, 2.45) is 18.7 Å². The van der Waals surface area contributed by atoms with Crippen LogP contribution in [0, 0.1) is 12.8 Å². The number of aromatic nitrogens is 2. The Bertz CT molecular complexity index is 557. The van der Waals surface area contributed by atoms with Gasteiger partial charge in [-0.05, 0) is 19.3 Å². The van der Waals surface area contributed by atoms with Crippen LogP contribution in [0.15, 0.2) is 6.07 Å². The highest BCUT2D eigenvalue weighted by Gasteiger charge is 2.36. The van der Waals surface area contributed by atoms with Crippen LogP contribution in [0.5, 0.6) is 0 Å². The summed E-state index contributed by atoms with van der Waals surface area (Å²) in [7, 11) is 1.80. The molecule has 22 heavy (non-hydrogen) atoms. The fourth-order valence-electron chi connectivity index (χ4n) is 2.46. The van der Waals surface area contributed by atoms with Crippen molar-refractivity contribution in [2.75, 3.05) is 11.4 Å². The molecule has 8 heteroatoms. The van der Waals surface area contributed by atoms with Gasteiger partial charge in [-0.2, -0.15) is 5.10 Å². The molecule has 0 bridgehead atoms. The molecule has 2 amide bonds. The van der Waals surface area contributed by atoms with Gasteiger partial charge < -0.3 is 11.1 Å². The summed E-state index contributed by atoms with van der Waals surface area (Å²) < 4.78 is 1.68. The summed E-state index contributed by atoms with van der Waals surface area (Å²) in [6, 6.07) is 0.769. The highest BCUT2D eigenvalue weighted by atomic mass is 35.5. The summed E-state index contributed by atoms with van der Waals surface area (Å²) >= 11 is 0. The van der Waals surface area contributed by atoms with Gasteiger partial charge in [0.25, 0.3) is 5.91 Å². The zero-order chi connectivity index (χ0) is 15.7. The highest BCUT2D eigenvalue weighted by molar-refractivity contribution is 6.01. The number of carbonyl (C=O) groups excluding carboxylic acids is 2. The number of carbonyl (C=O) groups is 2. The number of aryl methyl sites for hydroxylation is 2. The Hall–Kier alpha value is -1.60. The van der Waals surface area contributed by atoms with Crippen molar-refractivity contribution >= 4 is 30.0 Å². The Kier molecular flexibility index (Phi) is 5.96. The smallest absolute Gasteiger partial charge is 0.250 e. The van der Waals surface area contributed by atoms with Gasteiger partial charge >= 0.3 is 0 Å². The maximum absolute atomic E-state index is 12.4. The number of nitrogens with zero attached hydrogens (tertiary/aromatic N) is 3. The molecule has 1 aromatic rings. The molecular weight excluding hydrogens is 306 g/mol. The van der Waals surface area contributed by atoms with Gasteiger partial charge in [0.05, 0.1) is 11.7 Å². The van der Waals surface area contributed by atoms with E-state index in [4.69, 9.17) is 5.73 Å². The molecule has 1 unspecified atom stereocenters. The lowest BCUT2D eigenvalue weighted by molar-refractivity contribution is -0.127. The number of nitrogens with two attached hydrogens (primary N) is 1. The normalized spacial score (nSPS) is 19.3. The van der Waals surface area contributed by atoms with Crippen LogP contribution < -0.4 is 16.0 Å². The Balaban J connectivity index is 0.00000242. The van der Waals surface area contributed by atoms with E-state index >= 15 is 0 Å². The number of hydrogen-bond donors (Lipinski definition) is 2. The standard InChI is InChI=1S/C14H23N5O2.ClH/c1-8(2)12(15)13(20)16-10-5-6-19(14(10)21)11-7-9(3)17-18(11)4;/h7-8,10,12H,5-6,15H2,1-4H3,(H,16,20);1H/t10?,12-;/m0./s1. The summed E-state index contributed by atoms with van der Waals surface area (Å²) in [4.78, 5) is 26.1. The van der Waals surface area contributed by atoms with Crippen LogP contribution in [-0.2, 0) is 16.6 Å². The van der Waals surface area contributed by atoms with Gasteiger partial charge in [0.2, 0.25) is 5.91 Å². The lowest BCUT2D eigenvalue weighted by Crippen LogP contribution is -2.50. The second kappa shape index (κ2) is 7.11. The molecule has 1 saturated heterocycles. The molecule has 2 heterocycles. The average Bonchev–Trinajstić information content (AvgIpc) is 2.92. The molecule has 2 rings (SSSR count). The highest BCUT2D eigenvalue weighted by Crippen LogP contribution is 2.22. The van der Waals surface area contributed by atoms with Crippen molar-refractivity contribution in [3.63, 3.8) is 0 Å². The number of hydrogen-bond acceptors (Lipinski definition) is 4. The second-order valence-corrected chi connectivity index (χ2v) is 5.88. The first-order valence-corrected chi connectivity index (χ1v) is 7.19. The Morgan fingerprint density at radius 3 is 2.64 bits per heavy atom. The molecule has 0 aromatic carbocycles. The Labute approximate surface area is 136 Å². The first-order chi connectivity index (χ1) is 9.81. The first kappa shape index (κ1) is 18.4. The molecule has 1 aromatic heterocycles. The fourth-order valence-corrected chi connectivity index (χ4v) is 2.46. The van der Waals surface area contributed by atoms with Crippen molar-refractivity contribution in [1.82, 2.24) is 15.1 Å².